The van der Waals surface area contributed by atoms with Crippen LogP contribution >= 0.6 is 0 Å². The first-order chi connectivity index (χ1) is 13.5. The number of hydrogen-bond acceptors (Lipinski definition) is 6. The quantitative estimate of drug-likeness (QED) is 0.787. The number of fused-ring (bicyclic) bond motifs is 1. The summed E-state index contributed by atoms with van der Waals surface area (Å²) in [5.41, 5.74) is 1.71. The predicted molar refractivity (Wildman–Crippen MR) is 104 cm³/mol. The fourth-order valence-electron chi connectivity index (χ4n) is 3.13. The minimum absolute atomic E-state index is 0.114. The predicted octanol–water partition coefficient (Wildman–Crippen LogP) is 2.90. The molecular weight excluding hydrogens is 362 g/mol. The van der Waals surface area contributed by atoms with E-state index in [1.807, 2.05) is 25.1 Å². The number of hydrogen-bond donors (Lipinski definition) is 1. The third-order valence-corrected chi connectivity index (χ3v) is 4.53. The molecule has 7 nitrogen and oxygen atoms in total. The molecule has 150 valence electrons. The van der Waals surface area contributed by atoms with Gasteiger partial charge in [-0.1, -0.05) is 6.07 Å². The number of ether oxygens (including phenoxy) is 5. The molecule has 0 spiro atoms. The first-order valence-corrected chi connectivity index (χ1v) is 9.03. The summed E-state index contributed by atoms with van der Waals surface area (Å²) < 4.78 is 27.1. The second kappa shape index (κ2) is 8.73. The number of amides is 1. The van der Waals surface area contributed by atoms with Gasteiger partial charge in [-0.05, 0) is 42.3 Å². The van der Waals surface area contributed by atoms with E-state index in [1.165, 1.54) is 0 Å². The molecule has 1 atom stereocenters. The summed E-state index contributed by atoms with van der Waals surface area (Å²) in [5, 5.41) is 3.01. The number of methoxy groups -OCH3 is 3. The van der Waals surface area contributed by atoms with Crippen LogP contribution in [0.2, 0.25) is 0 Å². The molecule has 1 aliphatic rings. The van der Waals surface area contributed by atoms with Crippen molar-refractivity contribution < 1.29 is 28.5 Å². The summed E-state index contributed by atoms with van der Waals surface area (Å²) in [5.74, 6) is 2.85. The van der Waals surface area contributed by atoms with Crippen LogP contribution in [-0.2, 0) is 11.2 Å². The molecule has 0 fully saturated rings. The zero-order chi connectivity index (χ0) is 20.1. The van der Waals surface area contributed by atoms with E-state index in [4.69, 9.17) is 23.7 Å². The Balaban J connectivity index is 1.70. The van der Waals surface area contributed by atoms with E-state index in [0.29, 0.717) is 36.2 Å². The zero-order valence-electron chi connectivity index (χ0n) is 16.5. The van der Waals surface area contributed by atoms with Crippen LogP contribution in [0.5, 0.6) is 28.7 Å². The molecule has 1 amide bonds. The lowest BCUT2D eigenvalue weighted by atomic mass is 10.1. The summed E-state index contributed by atoms with van der Waals surface area (Å²) in [6, 6.07) is 9.07. The number of carbonyl (C=O) groups is 1. The van der Waals surface area contributed by atoms with Gasteiger partial charge in [0.05, 0.1) is 33.8 Å². The van der Waals surface area contributed by atoms with Gasteiger partial charge in [-0.25, -0.2) is 0 Å². The van der Waals surface area contributed by atoms with E-state index in [-0.39, 0.29) is 18.4 Å². The van der Waals surface area contributed by atoms with E-state index in [9.17, 15) is 4.79 Å². The third-order valence-electron chi connectivity index (χ3n) is 4.53. The number of carbonyl (C=O) groups excluding carboxylic acids is 1. The SMILES string of the molecule is COc1cc(CC(=O)N[C@@H](C)c2ccc3c(c2)OCCO3)cc(OC)c1OC. The highest BCUT2D eigenvalue weighted by atomic mass is 16.6. The number of benzene rings is 2. The molecule has 0 bridgehead atoms. The molecule has 1 N–H and O–H groups in total. The maximum atomic E-state index is 12.6. The van der Waals surface area contributed by atoms with Gasteiger partial charge in [-0.3, -0.25) is 4.79 Å². The van der Waals surface area contributed by atoms with Crippen LogP contribution in [0.3, 0.4) is 0 Å². The molecule has 0 saturated carbocycles. The van der Waals surface area contributed by atoms with Crippen molar-refractivity contribution in [3.05, 3.63) is 41.5 Å². The minimum atomic E-state index is -0.176. The Hall–Kier alpha value is -3.09. The van der Waals surface area contributed by atoms with Crippen LogP contribution in [0.4, 0.5) is 0 Å². The van der Waals surface area contributed by atoms with E-state index in [2.05, 4.69) is 5.32 Å². The average molecular weight is 387 g/mol. The fraction of sp³-hybridized carbons (Fsp3) is 0.381. The van der Waals surface area contributed by atoms with Crippen molar-refractivity contribution in [3.63, 3.8) is 0 Å². The Bertz CT molecular complexity index is 826. The highest BCUT2D eigenvalue weighted by Gasteiger charge is 2.18. The molecule has 1 heterocycles. The highest BCUT2D eigenvalue weighted by Crippen LogP contribution is 2.38. The first kappa shape index (κ1) is 19.7. The second-order valence-corrected chi connectivity index (χ2v) is 6.40. The van der Waals surface area contributed by atoms with Gasteiger partial charge >= 0.3 is 0 Å². The lowest BCUT2D eigenvalue weighted by Crippen LogP contribution is -2.28. The van der Waals surface area contributed by atoms with Gasteiger partial charge in [-0.2, -0.15) is 0 Å². The van der Waals surface area contributed by atoms with Gasteiger partial charge < -0.3 is 29.0 Å². The van der Waals surface area contributed by atoms with Crippen LogP contribution in [-0.4, -0.2) is 40.5 Å². The Morgan fingerprint density at radius 1 is 1.00 bits per heavy atom. The Morgan fingerprint density at radius 3 is 2.25 bits per heavy atom. The van der Waals surface area contributed by atoms with Crippen LogP contribution in [0.15, 0.2) is 30.3 Å². The molecule has 7 heteroatoms. The molecule has 0 aromatic heterocycles. The Morgan fingerprint density at radius 2 is 1.64 bits per heavy atom. The maximum Gasteiger partial charge on any atom is 0.224 e. The summed E-state index contributed by atoms with van der Waals surface area (Å²) in [7, 11) is 4.64. The molecule has 0 unspecified atom stereocenters. The molecule has 0 saturated heterocycles. The minimum Gasteiger partial charge on any atom is -0.493 e. The van der Waals surface area contributed by atoms with E-state index >= 15 is 0 Å². The van der Waals surface area contributed by atoms with Crippen molar-refractivity contribution in [2.45, 2.75) is 19.4 Å². The molecule has 2 aromatic rings. The van der Waals surface area contributed by atoms with Gasteiger partial charge in [0, 0.05) is 0 Å². The normalized spacial score (nSPS) is 13.4. The smallest absolute Gasteiger partial charge is 0.224 e. The van der Waals surface area contributed by atoms with Crippen molar-refractivity contribution in [2.75, 3.05) is 34.5 Å². The van der Waals surface area contributed by atoms with Crippen LogP contribution in [0, 0.1) is 0 Å². The van der Waals surface area contributed by atoms with Gasteiger partial charge in [0.1, 0.15) is 13.2 Å². The lowest BCUT2D eigenvalue weighted by molar-refractivity contribution is -0.121. The highest BCUT2D eigenvalue weighted by molar-refractivity contribution is 5.79. The standard InChI is InChI=1S/C21H25NO6/c1-13(15-5-6-16-17(12-15)28-8-7-27-16)22-20(23)11-14-9-18(24-2)21(26-4)19(10-14)25-3/h5-6,9-10,12-13H,7-8,11H2,1-4H3,(H,22,23)/t13-/m0/s1. The monoisotopic (exact) mass is 387 g/mol. The van der Waals surface area contributed by atoms with Gasteiger partial charge in [-0.15, -0.1) is 0 Å². The lowest BCUT2D eigenvalue weighted by Gasteiger charge is -2.21. The number of nitrogens with one attached hydrogen (secondary N) is 1. The molecule has 0 aliphatic carbocycles. The van der Waals surface area contributed by atoms with E-state index in [1.54, 1.807) is 33.5 Å². The summed E-state index contributed by atoms with van der Waals surface area (Å²) in [6.07, 6.45) is 0.186. The second-order valence-electron chi connectivity index (χ2n) is 6.40. The van der Waals surface area contributed by atoms with Crippen LogP contribution in [0.25, 0.3) is 0 Å². The van der Waals surface area contributed by atoms with E-state index in [0.717, 1.165) is 16.9 Å². The van der Waals surface area contributed by atoms with Gasteiger partial charge in [0.2, 0.25) is 11.7 Å². The average Bonchev–Trinajstić information content (AvgIpc) is 2.72. The Labute approximate surface area is 164 Å². The maximum absolute atomic E-state index is 12.6. The van der Waals surface area contributed by atoms with Gasteiger partial charge in [0.15, 0.2) is 23.0 Å². The summed E-state index contributed by atoms with van der Waals surface area (Å²) in [6.45, 7) is 3.00. The largest absolute Gasteiger partial charge is 0.493 e. The van der Waals surface area contributed by atoms with Crippen molar-refractivity contribution in [1.82, 2.24) is 5.32 Å². The molecular formula is C21H25NO6. The number of rotatable bonds is 7. The summed E-state index contributed by atoms with van der Waals surface area (Å²) >= 11 is 0. The zero-order valence-corrected chi connectivity index (χ0v) is 16.5. The first-order valence-electron chi connectivity index (χ1n) is 9.03. The van der Waals surface area contributed by atoms with Crippen molar-refractivity contribution in [1.29, 1.82) is 0 Å². The third kappa shape index (κ3) is 4.24. The van der Waals surface area contributed by atoms with Gasteiger partial charge in [0.25, 0.3) is 0 Å². The Kier molecular flexibility index (Phi) is 6.13. The molecule has 3 rings (SSSR count). The fourth-order valence-corrected chi connectivity index (χ4v) is 3.13. The topological polar surface area (TPSA) is 75.3 Å². The molecule has 2 aromatic carbocycles. The molecule has 0 radical (unpaired) electrons. The van der Waals surface area contributed by atoms with Crippen molar-refractivity contribution >= 4 is 5.91 Å². The van der Waals surface area contributed by atoms with Crippen molar-refractivity contribution in [3.8, 4) is 28.7 Å². The van der Waals surface area contributed by atoms with Crippen molar-refractivity contribution in [2.24, 2.45) is 0 Å². The van der Waals surface area contributed by atoms with Crippen LogP contribution < -0.4 is 29.0 Å². The van der Waals surface area contributed by atoms with Crippen LogP contribution in [0.1, 0.15) is 24.1 Å². The molecule has 28 heavy (non-hydrogen) atoms. The molecule has 1 aliphatic heterocycles. The van der Waals surface area contributed by atoms with E-state index < -0.39 is 0 Å². The summed E-state index contributed by atoms with van der Waals surface area (Å²) in [4.78, 5) is 12.6.